The van der Waals surface area contributed by atoms with Crippen molar-refractivity contribution >= 4 is 23.4 Å². The third-order valence-electron chi connectivity index (χ3n) is 3.84. The van der Waals surface area contributed by atoms with Crippen molar-refractivity contribution in [2.24, 2.45) is 0 Å². The molecular weight excluding hydrogens is 363 g/mol. The molecule has 8 heteroatoms. The van der Waals surface area contributed by atoms with Gasteiger partial charge < -0.3 is 15.4 Å². The van der Waals surface area contributed by atoms with Crippen LogP contribution in [0.5, 0.6) is 0 Å². The molecule has 0 aliphatic heterocycles. The number of nitrogens with one attached hydrogen (secondary N) is 2. The lowest BCUT2D eigenvalue weighted by atomic mass is 10.2. The number of amides is 1. The van der Waals surface area contributed by atoms with Gasteiger partial charge in [0.05, 0.1) is 25.1 Å². The highest BCUT2D eigenvalue weighted by Gasteiger charge is 2.11. The minimum atomic E-state index is -0.499. The fourth-order valence-corrected chi connectivity index (χ4v) is 2.40. The molecular formula is C20H17FN4O3. The van der Waals surface area contributed by atoms with Crippen molar-refractivity contribution in [2.75, 3.05) is 17.7 Å². The Morgan fingerprint density at radius 1 is 1.07 bits per heavy atom. The summed E-state index contributed by atoms with van der Waals surface area (Å²) in [5, 5.41) is 5.59. The van der Waals surface area contributed by atoms with Gasteiger partial charge >= 0.3 is 5.97 Å². The van der Waals surface area contributed by atoms with E-state index < -0.39 is 11.9 Å². The Kier molecular flexibility index (Phi) is 5.91. The molecule has 0 radical (unpaired) electrons. The summed E-state index contributed by atoms with van der Waals surface area (Å²) in [7, 11) is 1.28. The molecule has 0 aliphatic rings. The maximum Gasteiger partial charge on any atom is 0.337 e. The SMILES string of the molecule is COC(=O)c1cccc(NC(=O)c2cnc(NCc3ccccc3F)cn2)c1. The number of carbonyl (C=O) groups excluding carboxylic acids is 2. The molecule has 0 atom stereocenters. The van der Waals surface area contributed by atoms with Gasteiger partial charge in [-0.3, -0.25) is 4.79 Å². The number of hydrogen-bond acceptors (Lipinski definition) is 6. The largest absolute Gasteiger partial charge is 0.465 e. The summed E-state index contributed by atoms with van der Waals surface area (Å²) >= 11 is 0. The molecule has 1 heterocycles. The second kappa shape index (κ2) is 8.72. The number of esters is 1. The smallest absolute Gasteiger partial charge is 0.337 e. The number of rotatable bonds is 6. The van der Waals surface area contributed by atoms with Crippen molar-refractivity contribution in [3.8, 4) is 0 Å². The van der Waals surface area contributed by atoms with Gasteiger partial charge in [-0.05, 0) is 24.3 Å². The molecule has 0 spiro atoms. The Bertz CT molecular complexity index is 993. The van der Waals surface area contributed by atoms with Crippen LogP contribution >= 0.6 is 0 Å². The summed E-state index contributed by atoms with van der Waals surface area (Å²) in [5.74, 6) is -0.878. The molecule has 1 amide bonds. The number of hydrogen-bond donors (Lipinski definition) is 2. The highest BCUT2D eigenvalue weighted by atomic mass is 19.1. The first-order valence-electron chi connectivity index (χ1n) is 8.36. The Labute approximate surface area is 160 Å². The first-order chi connectivity index (χ1) is 13.6. The topological polar surface area (TPSA) is 93.2 Å². The zero-order valence-electron chi connectivity index (χ0n) is 15.0. The van der Waals surface area contributed by atoms with Crippen LogP contribution in [0.4, 0.5) is 15.9 Å². The molecule has 142 valence electrons. The molecule has 0 fully saturated rings. The van der Waals surface area contributed by atoms with Crippen molar-refractivity contribution in [3.63, 3.8) is 0 Å². The van der Waals surface area contributed by atoms with E-state index in [1.54, 1.807) is 36.4 Å². The molecule has 2 aromatic carbocycles. The Morgan fingerprint density at radius 3 is 2.61 bits per heavy atom. The van der Waals surface area contributed by atoms with E-state index in [4.69, 9.17) is 0 Å². The summed E-state index contributed by atoms with van der Waals surface area (Å²) in [6.45, 7) is 0.243. The molecule has 1 aromatic heterocycles. The van der Waals surface area contributed by atoms with E-state index >= 15 is 0 Å². The first-order valence-corrected chi connectivity index (χ1v) is 8.36. The average molecular weight is 380 g/mol. The predicted octanol–water partition coefficient (Wildman–Crippen LogP) is 3.27. The van der Waals surface area contributed by atoms with Crippen LogP contribution in [0, 0.1) is 5.82 Å². The van der Waals surface area contributed by atoms with Crippen molar-refractivity contribution in [3.05, 3.63) is 83.6 Å². The van der Waals surface area contributed by atoms with Gasteiger partial charge in [0.1, 0.15) is 17.3 Å². The second-order valence-electron chi connectivity index (χ2n) is 5.76. The van der Waals surface area contributed by atoms with Crippen molar-refractivity contribution in [2.45, 2.75) is 6.54 Å². The van der Waals surface area contributed by atoms with Gasteiger partial charge in [0.25, 0.3) is 5.91 Å². The predicted molar refractivity (Wildman–Crippen MR) is 101 cm³/mol. The number of aromatic nitrogens is 2. The number of carbonyl (C=O) groups is 2. The molecule has 0 saturated carbocycles. The van der Waals surface area contributed by atoms with Gasteiger partial charge in [-0.15, -0.1) is 0 Å². The van der Waals surface area contributed by atoms with E-state index in [0.717, 1.165) is 0 Å². The van der Waals surface area contributed by atoms with Crippen LogP contribution in [0.25, 0.3) is 0 Å². The van der Waals surface area contributed by atoms with E-state index in [1.165, 1.54) is 31.6 Å². The molecule has 0 saturated heterocycles. The van der Waals surface area contributed by atoms with Crippen molar-refractivity contribution < 1.29 is 18.7 Å². The van der Waals surface area contributed by atoms with Crippen LogP contribution < -0.4 is 10.6 Å². The highest BCUT2D eigenvalue weighted by Crippen LogP contribution is 2.13. The number of methoxy groups -OCH3 is 1. The summed E-state index contributed by atoms with van der Waals surface area (Å²) < 4.78 is 18.3. The van der Waals surface area contributed by atoms with Crippen LogP contribution in [0.2, 0.25) is 0 Å². The maximum atomic E-state index is 13.6. The molecule has 0 unspecified atom stereocenters. The van der Waals surface area contributed by atoms with Gasteiger partial charge in [0.2, 0.25) is 0 Å². The highest BCUT2D eigenvalue weighted by molar-refractivity contribution is 6.03. The number of nitrogens with zero attached hydrogens (tertiary/aromatic N) is 2. The first kappa shape index (κ1) is 19.0. The van der Waals surface area contributed by atoms with Crippen LogP contribution in [-0.2, 0) is 11.3 Å². The summed E-state index contributed by atoms with van der Waals surface area (Å²) in [6.07, 6.45) is 2.70. The molecule has 2 N–H and O–H groups in total. The minimum Gasteiger partial charge on any atom is -0.465 e. The Balaban J connectivity index is 1.62. The number of halogens is 1. The molecule has 7 nitrogen and oxygen atoms in total. The Hall–Kier alpha value is -3.81. The third-order valence-corrected chi connectivity index (χ3v) is 3.84. The molecule has 0 bridgehead atoms. The summed E-state index contributed by atoms with van der Waals surface area (Å²) in [6, 6.07) is 12.8. The lowest BCUT2D eigenvalue weighted by Crippen LogP contribution is -2.15. The average Bonchev–Trinajstić information content (AvgIpc) is 2.73. The lowest BCUT2D eigenvalue weighted by Gasteiger charge is -2.08. The zero-order chi connectivity index (χ0) is 19.9. The van der Waals surface area contributed by atoms with Gasteiger partial charge in [-0.1, -0.05) is 24.3 Å². The molecule has 0 aliphatic carbocycles. The molecule has 28 heavy (non-hydrogen) atoms. The monoisotopic (exact) mass is 380 g/mol. The number of benzene rings is 2. The second-order valence-corrected chi connectivity index (χ2v) is 5.76. The maximum absolute atomic E-state index is 13.6. The lowest BCUT2D eigenvalue weighted by molar-refractivity contribution is 0.0600. The normalized spacial score (nSPS) is 10.2. The molecule has 3 aromatic rings. The van der Waals surface area contributed by atoms with Crippen molar-refractivity contribution in [1.29, 1.82) is 0 Å². The van der Waals surface area contributed by atoms with Crippen LogP contribution in [0.3, 0.4) is 0 Å². The van der Waals surface area contributed by atoms with Gasteiger partial charge in [0.15, 0.2) is 0 Å². The quantitative estimate of drug-likeness (QED) is 0.638. The van der Waals surface area contributed by atoms with Gasteiger partial charge in [-0.2, -0.15) is 0 Å². The zero-order valence-corrected chi connectivity index (χ0v) is 15.0. The van der Waals surface area contributed by atoms with Crippen LogP contribution in [0.15, 0.2) is 60.9 Å². The van der Waals surface area contributed by atoms with Crippen LogP contribution in [0.1, 0.15) is 26.4 Å². The minimum absolute atomic E-state index is 0.0971. The van der Waals surface area contributed by atoms with E-state index in [1.807, 2.05) is 0 Å². The summed E-state index contributed by atoms with van der Waals surface area (Å²) in [4.78, 5) is 32.0. The van der Waals surface area contributed by atoms with Gasteiger partial charge in [-0.25, -0.2) is 19.2 Å². The van der Waals surface area contributed by atoms with E-state index in [9.17, 15) is 14.0 Å². The summed E-state index contributed by atoms with van der Waals surface area (Å²) in [5.41, 5.74) is 1.34. The van der Waals surface area contributed by atoms with Crippen molar-refractivity contribution in [1.82, 2.24) is 9.97 Å². The van der Waals surface area contributed by atoms with Gasteiger partial charge in [0, 0.05) is 17.8 Å². The van der Waals surface area contributed by atoms with E-state index in [2.05, 4.69) is 25.3 Å². The number of ether oxygens (including phenoxy) is 1. The third kappa shape index (κ3) is 4.67. The van der Waals surface area contributed by atoms with E-state index in [0.29, 0.717) is 22.6 Å². The Morgan fingerprint density at radius 2 is 1.89 bits per heavy atom. The fraction of sp³-hybridized carbons (Fsp3) is 0.100. The van der Waals surface area contributed by atoms with Crippen LogP contribution in [-0.4, -0.2) is 29.0 Å². The standard InChI is InChI=1S/C20H17FN4O3/c1-28-20(27)13-6-4-7-15(9-13)25-19(26)17-11-24-18(12-22-17)23-10-14-5-2-3-8-16(14)21/h2-9,11-12H,10H2,1H3,(H,23,24)(H,25,26). The van der Waals surface area contributed by atoms with E-state index in [-0.39, 0.29) is 18.1 Å². The molecule has 3 rings (SSSR count). The fourth-order valence-electron chi connectivity index (χ4n) is 2.40. The number of anilines is 2.